The van der Waals surface area contributed by atoms with Crippen LogP contribution in [0.3, 0.4) is 0 Å². The number of ether oxygens (including phenoxy) is 3. The highest BCUT2D eigenvalue weighted by molar-refractivity contribution is 5.90. The van der Waals surface area contributed by atoms with Crippen LogP contribution < -0.4 is 20.7 Å². The van der Waals surface area contributed by atoms with E-state index in [9.17, 15) is 14.4 Å². The molecule has 0 heterocycles. The van der Waals surface area contributed by atoms with Crippen LogP contribution in [0.2, 0.25) is 0 Å². The second-order valence-corrected chi connectivity index (χ2v) is 9.06. The molecule has 0 aromatic heterocycles. The number of hydrogen-bond donors (Lipinski definition) is 3. The lowest BCUT2D eigenvalue weighted by Gasteiger charge is -2.29. The third-order valence-corrected chi connectivity index (χ3v) is 5.02. The Morgan fingerprint density at radius 3 is 2.09 bits per heavy atom. The molecular formula is C26H35N3O6. The Morgan fingerprint density at radius 2 is 1.54 bits per heavy atom. The van der Waals surface area contributed by atoms with Crippen LogP contribution in [-0.2, 0) is 25.5 Å². The molecule has 9 nitrogen and oxygen atoms in total. The van der Waals surface area contributed by atoms with E-state index in [0.29, 0.717) is 11.4 Å². The van der Waals surface area contributed by atoms with Gasteiger partial charge < -0.3 is 30.2 Å². The van der Waals surface area contributed by atoms with Gasteiger partial charge in [-0.3, -0.25) is 4.79 Å². The van der Waals surface area contributed by atoms with E-state index in [-0.39, 0.29) is 6.42 Å². The van der Waals surface area contributed by atoms with Crippen molar-refractivity contribution in [3.8, 4) is 5.75 Å². The molecule has 9 heteroatoms. The molecule has 190 valence electrons. The van der Waals surface area contributed by atoms with Crippen LogP contribution in [0.5, 0.6) is 5.75 Å². The normalized spacial score (nSPS) is 13.5. The summed E-state index contributed by atoms with van der Waals surface area (Å²) >= 11 is 0. The van der Waals surface area contributed by atoms with E-state index in [1.54, 1.807) is 59.1 Å². The van der Waals surface area contributed by atoms with Crippen molar-refractivity contribution in [1.82, 2.24) is 10.6 Å². The molecule has 35 heavy (non-hydrogen) atoms. The first-order chi connectivity index (χ1) is 16.5. The first-order valence-corrected chi connectivity index (χ1v) is 11.3. The molecular weight excluding hydrogens is 450 g/mol. The van der Waals surface area contributed by atoms with Gasteiger partial charge in [0.15, 0.2) is 0 Å². The fourth-order valence-electron chi connectivity index (χ4n) is 3.31. The maximum Gasteiger partial charge on any atom is 0.407 e. The van der Waals surface area contributed by atoms with Crippen molar-refractivity contribution >= 4 is 23.7 Å². The molecule has 0 fully saturated rings. The highest BCUT2D eigenvalue weighted by Gasteiger charge is 2.31. The van der Waals surface area contributed by atoms with E-state index in [0.717, 1.165) is 5.56 Å². The summed E-state index contributed by atoms with van der Waals surface area (Å²) in [6, 6.07) is 13.8. The molecule has 3 atom stereocenters. The molecule has 2 aromatic rings. The van der Waals surface area contributed by atoms with Gasteiger partial charge in [-0.15, -0.1) is 0 Å². The summed E-state index contributed by atoms with van der Waals surface area (Å²) in [5.41, 5.74) is 0.792. The molecule has 0 unspecified atom stereocenters. The number of carbonyl (C=O) groups excluding carboxylic acids is 3. The molecule has 0 saturated heterocycles. The van der Waals surface area contributed by atoms with Gasteiger partial charge in [-0.25, -0.2) is 9.59 Å². The highest BCUT2D eigenvalue weighted by atomic mass is 16.6. The highest BCUT2D eigenvalue weighted by Crippen LogP contribution is 2.17. The summed E-state index contributed by atoms with van der Waals surface area (Å²) in [4.78, 5) is 38.2. The third-order valence-electron chi connectivity index (χ3n) is 5.02. The van der Waals surface area contributed by atoms with E-state index < -0.39 is 41.7 Å². The zero-order valence-electron chi connectivity index (χ0n) is 21.1. The molecule has 2 rings (SSSR count). The van der Waals surface area contributed by atoms with Gasteiger partial charge in [0.25, 0.3) is 0 Å². The molecule has 0 bridgehead atoms. The quantitative estimate of drug-likeness (QED) is 0.442. The molecule has 0 radical (unpaired) electrons. The van der Waals surface area contributed by atoms with Gasteiger partial charge in [0.2, 0.25) is 5.91 Å². The summed E-state index contributed by atoms with van der Waals surface area (Å²) in [7, 11) is 2.83. The number of alkyl carbamates (subject to hydrolysis) is 1. The van der Waals surface area contributed by atoms with Gasteiger partial charge in [0, 0.05) is 12.1 Å². The predicted octanol–water partition coefficient (Wildman–Crippen LogP) is 3.29. The van der Waals surface area contributed by atoms with E-state index in [2.05, 4.69) is 16.0 Å². The number of methoxy groups -OCH3 is 2. The first-order valence-electron chi connectivity index (χ1n) is 11.3. The number of nitrogens with one attached hydrogen (secondary N) is 3. The van der Waals surface area contributed by atoms with Gasteiger partial charge in [-0.2, -0.15) is 0 Å². The first kappa shape index (κ1) is 27.5. The average molecular weight is 486 g/mol. The molecule has 0 aliphatic rings. The maximum atomic E-state index is 13.4. The van der Waals surface area contributed by atoms with Gasteiger partial charge in [0.1, 0.15) is 23.4 Å². The number of carbonyl (C=O) groups is 3. The molecule has 0 aliphatic carbocycles. The lowest BCUT2D eigenvalue weighted by atomic mass is 10.0. The zero-order valence-corrected chi connectivity index (χ0v) is 21.1. The van der Waals surface area contributed by atoms with Crippen molar-refractivity contribution in [3.05, 3.63) is 60.2 Å². The van der Waals surface area contributed by atoms with E-state index in [1.807, 2.05) is 30.3 Å². The van der Waals surface area contributed by atoms with Crippen molar-refractivity contribution in [2.45, 2.75) is 57.8 Å². The van der Waals surface area contributed by atoms with Crippen LogP contribution in [0.4, 0.5) is 10.5 Å². The Labute approximate surface area is 206 Å². The van der Waals surface area contributed by atoms with E-state index in [1.165, 1.54) is 7.11 Å². The Kier molecular flexibility index (Phi) is 9.93. The number of amides is 2. The van der Waals surface area contributed by atoms with Crippen LogP contribution in [-0.4, -0.2) is 55.9 Å². The summed E-state index contributed by atoms with van der Waals surface area (Å²) in [5, 5.41) is 8.60. The topological polar surface area (TPSA) is 115 Å². The molecule has 2 aromatic carbocycles. The summed E-state index contributed by atoms with van der Waals surface area (Å²) < 4.78 is 15.4. The summed E-state index contributed by atoms with van der Waals surface area (Å²) in [5.74, 6) is -0.404. The molecule has 0 saturated carbocycles. The van der Waals surface area contributed by atoms with Crippen molar-refractivity contribution in [2.75, 3.05) is 19.5 Å². The van der Waals surface area contributed by atoms with Crippen molar-refractivity contribution in [3.63, 3.8) is 0 Å². The number of rotatable bonds is 10. The number of hydrogen-bond acceptors (Lipinski definition) is 7. The van der Waals surface area contributed by atoms with Crippen LogP contribution >= 0.6 is 0 Å². The largest absolute Gasteiger partial charge is 0.497 e. The Morgan fingerprint density at radius 1 is 0.914 bits per heavy atom. The van der Waals surface area contributed by atoms with Crippen LogP contribution in [0, 0.1) is 0 Å². The van der Waals surface area contributed by atoms with Crippen LogP contribution in [0.15, 0.2) is 54.6 Å². The third kappa shape index (κ3) is 9.19. The predicted molar refractivity (Wildman–Crippen MR) is 133 cm³/mol. The Hall–Kier alpha value is -3.75. The van der Waals surface area contributed by atoms with Gasteiger partial charge >= 0.3 is 12.1 Å². The second kappa shape index (κ2) is 12.6. The van der Waals surface area contributed by atoms with Crippen LogP contribution in [0.1, 0.15) is 33.3 Å². The lowest BCUT2D eigenvalue weighted by molar-refractivity contribution is -0.145. The SMILES string of the molecule is COC(=O)[C@H](Cc1ccccc1)NC(=O)[C@H](Nc1ccc(OC)cc1)[C@H](C)NC(=O)OC(C)(C)C. The Bertz CT molecular complexity index is 973. The van der Waals surface area contributed by atoms with Crippen molar-refractivity contribution in [2.24, 2.45) is 0 Å². The second-order valence-electron chi connectivity index (χ2n) is 9.06. The summed E-state index contributed by atoms with van der Waals surface area (Å²) in [6.07, 6.45) is -0.407. The maximum absolute atomic E-state index is 13.4. The number of esters is 1. The zero-order chi connectivity index (χ0) is 26.0. The van der Waals surface area contributed by atoms with E-state index in [4.69, 9.17) is 14.2 Å². The van der Waals surface area contributed by atoms with Gasteiger partial charge in [0.05, 0.1) is 20.3 Å². The standard InChI is InChI=1S/C26H35N3O6/c1-17(27-25(32)35-26(2,3)4)22(28-19-12-14-20(33-5)15-13-19)23(30)29-21(24(31)34-6)16-18-10-8-7-9-11-18/h7-15,17,21-22,28H,16H2,1-6H3,(H,27,32)(H,29,30)/t17-,21-,22+/m0/s1. The Balaban J connectivity index is 2.24. The van der Waals surface area contributed by atoms with Gasteiger partial charge in [-0.05, 0) is 57.5 Å². The lowest BCUT2D eigenvalue weighted by Crippen LogP contribution is -2.56. The number of benzene rings is 2. The summed E-state index contributed by atoms with van der Waals surface area (Å²) in [6.45, 7) is 6.93. The molecule has 0 spiro atoms. The molecule has 3 N–H and O–H groups in total. The number of anilines is 1. The monoisotopic (exact) mass is 485 g/mol. The minimum atomic E-state index is -0.932. The fraction of sp³-hybridized carbons (Fsp3) is 0.423. The average Bonchev–Trinajstić information content (AvgIpc) is 2.81. The van der Waals surface area contributed by atoms with E-state index >= 15 is 0 Å². The van der Waals surface area contributed by atoms with Crippen molar-refractivity contribution in [1.29, 1.82) is 0 Å². The fourth-order valence-corrected chi connectivity index (χ4v) is 3.31. The minimum Gasteiger partial charge on any atom is -0.497 e. The molecule has 0 aliphatic heterocycles. The van der Waals surface area contributed by atoms with Crippen molar-refractivity contribution < 1.29 is 28.6 Å². The minimum absolute atomic E-state index is 0.252. The molecule has 2 amide bonds. The van der Waals surface area contributed by atoms with Crippen LogP contribution in [0.25, 0.3) is 0 Å². The van der Waals surface area contributed by atoms with Gasteiger partial charge in [-0.1, -0.05) is 30.3 Å². The smallest absolute Gasteiger partial charge is 0.407 e.